The largest absolute Gasteiger partial charge is 0.416 e. The minimum atomic E-state index is -4.64. The summed E-state index contributed by atoms with van der Waals surface area (Å²) in [6.45, 7) is 12.8. The SMILES string of the molecule is CC(C)(COCc1ccccc1)c1cc(C2CC(S(=O)(=O)c3cccc(C(F)(F)F)c3)CCO2)nn1COCC[Si](C)(C)C. The number of sulfone groups is 1. The predicted octanol–water partition coefficient (Wildman–Crippen LogP) is 7.40. The number of ether oxygens (including phenoxy) is 3. The molecule has 2 aromatic carbocycles. The summed E-state index contributed by atoms with van der Waals surface area (Å²) < 4.78 is 86.8. The second-order valence-corrected chi connectivity index (χ2v) is 21.1. The predicted molar refractivity (Wildman–Crippen MR) is 166 cm³/mol. The molecule has 2 atom stereocenters. The van der Waals surface area contributed by atoms with Gasteiger partial charge in [-0.05, 0) is 48.7 Å². The molecule has 7 nitrogen and oxygen atoms in total. The lowest BCUT2D eigenvalue weighted by Crippen LogP contribution is -2.31. The third-order valence-corrected chi connectivity index (χ3v) is 11.7. The summed E-state index contributed by atoms with van der Waals surface area (Å²) in [7, 11) is -5.34. The van der Waals surface area contributed by atoms with Crippen molar-refractivity contribution in [3.63, 3.8) is 0 Å². The number of nitrogens with zero attached hydrogens (tertiary/aromatic N) is 2. The van der Waals surface area contributed by atoms with E-state index in [1.165, 1.54) is 6.07 Å². The number of hydrogen-bond donors (Lipinski definition) is 0. The van der Waals surface area contributed by atoms with Crippen molar-refractivity contribution in [3.05, 3.63) is 83.2 Å². The Morgan fingerprint density at radius 1 is 1.02 bits per heavy atom. The van der Waals surface area contributed by atoms with Crippen LogP contribution >= 0.6 is 0 Å². The first-order chi connectivity index (χ1) is 20.6. The third-order valence-electron chi connectivity index (χ3n) is 7.77. The molecular weight excluding hydrogens is 610 g/mol. The summed E-state index contributed by atoms with van der Waals surface area (Å²) in [4.78, 5) is -0.336. The molecule has 0 bridgehead atoms. The lowest BCUT2D eigenvalue weighted by atomic mass is 9.89. The molecule has 2 unspecified atom stereocenters. The molecule has 1 aromatic heterocycles. The fourth-order valence-electron chi connectivity index (χ4n) is 5.14. The first-order valence-electron chi connectivity index (χ1n) is 14.9. The van der Waals surface area contributed by atoms with E-state index in [2.05, 4.69) is 33.5 Å². The molecular formula is C32H43F3N2O5SSi. The maximum absolute atomic E-state index is 13.5. The average molecular weight is 653 g/mol. The first-order valence-corrected chi connectivity index (χ1v) is 20.1. The Morgan fingerprint density at radius 3 is 2.43 bits per heavy atom. The molecule has 2 heterocycles. The van der Waals surface area contributed by atoms with Crippen molar-refractivity contribution in [2.45, 2.75) is 93.6 Å². The summed E-state index contributed by atoms with van der Waals surface area (Å²) in [5.74, 6) is 0. The Hall–Kier alpha value is -2.51. The molecule has 0 amide bonds. The quantitative estimate of drug-likeness (QED) is 0.141. The second-order valence-electron chi connectivity index (χ2n) is 13.2. The minimum Gasteiger partial charge on any atom is -0.376 e. The van der Waals surface area contributed by atoms with Crippen LogP contribution in [0.4, 0.5) is 13.2 Å². The molecule has 3 aromatic rings. The van der Waals surface area contributed by atoms with Gasteiger partial charge in [0.15, 0.2) is 9.84 Å². The standard InChI is InChI=1S/C32H43F3N2O5SSi/c1-31(2,22-41-21-24-10-7-6-8-11-24)30-20-28(36-37(30)23-40-16-17-44(3,4)5)29-19-27(14-15-42-29)43(38,39)26-13-9-12-25(18-26)32(33,34)35/h6-13,18,20,27,29H,14-17,19,21-23H2,1-5H3. The van der Waals surface area contributed by atoms with Crippen LogP contribution in [0.25, 0.3) is 0 Å². The molecule has 0 N–H and O–H groups in total. The zero-order valence-electron chi connectivity index (χ0n) is 26.1. The molecule has 0 saturated carbocycles. The van der Waals surface area contributed by atoms with E-state index in [0.29, 0.717) is 31.6 Å². The van der Waals surface area contributed by atoms with Gasteiger partial charge in [-0.3, -0.25) is 0 Å². The van der Waals surface area contributed by atoms with E-state index in [0.717, 1.165) is 29.4 Å². The Bertz CT molecular complexity index is 1490. The van der Waals surface area contributed by atoms with Gasteiger partial charge in [0.25, 0.3) is 0 Å². The van der Waals surface area contributed by atoms with E-state index < -0.39 is 46.4 Å². The second kappa shape index (κ2) is 13.9. The van der Waals surface area contributed by atoms with Gasteiger partial charge in [0.1, 0.15) is 12.8 Å². The van der Waals surface area contributed by atoms with Crippen molar-refractivity contribution >= 4 is 17.9 Å². The Balaban J connectivity index is 1.55. The number of halogens is 3. The van der Waals surface area contributed by atoms with Crippen molar-refractivity contribution in [2.75, 3.05) is 19.8 Å². The molecule has 1 aliphatic rings. The van der Waals surface area contributed by atoms with Crippen molar-refractivity contribution in [2.24, 2.45) is 0 Å². The van der Waals surface area contributed by atoms with Gasteiger partial charge in [0, 0.05) is 32.4 Å². The zero-order valence-corrected chi connectivity index (χ0v) is 27.9. The van der Waals surface area contributed by atoms with E-state index in [4.69, 9.17) is 19.3 Å². The van der Waals surface area contributed by atoms with Gasteiger partial charge in [-0.1, -0.05) is 69.9 Å². The number of hydrogen-bond acceptors (Lipinski definition) is 6. The van der Waals surface area contributed by atoms with Crippen LogP contribution in [0.2, 0.25) is 25.7 Å². The van der Waals surface area contributed by atoms with Crippen molar-refractivity contribution < 1.29 is 35.8 Å². The topological polar surface area (TPSA) is 79.7 Å². The zero-order chi connectivity index (χ0) is 32.2. The van der Waals surface area contributed by atoms with Crippen LogP contribution in [0.1, 0.15) is 55.3 Å². The van der Waals surface area contributed by atoms with Crippen LogP contribution in [0.15, 0.2) is 65.6 Å². The minimum absolute atomic E-state index is 0.0798. The smallest absolute Gasteiger partial charge is 0.376 e. The van der Waals surface area contributed by atoms with E-state index in [-0.39, 0.29) is 31.1 Å². The summed E-state index contributed by atoms with van der Waals surface area (Å²) in [5.41, 5.74) is 1.03. The maximum Gasteiger partial charge on any atom is 0.416 e. The highest BCUT2D eigenvalue weighted by Crippen LogP contribution is 2.37. The van der Waals surface area contributed by atoms with Gasteiger partial charge in [-0.15, -0.1) is 0 Å². The molecule has 0 aliphatic carbocycles. The fourth-order valence-corrected chi connectivity index (χ4v) is 7.67. The number of rotatable bonds is 13. The number of aromatic nitrogens is 2. The van der Waals surface area contributed by atoms with Crippen LogP contribution in [0.5, 0.6) is 0 Å². The summed E-state index contributed by atoms with van der Waals surface area (Å²) in [6, 6.07) is 16.7. The van der Waals surface area contributed by atoms with Gasteiger partial charge in [-0.2, -0.15) is 18.3 Å². The van der Waals surface area contributed by atoms with Gasteiger partial charge in [0.2, 0.25) is 0 Å². The van der Waals surface area contributed by atoms with Crippen LogP contribution in [0, 0.1) is 0 Å². The molecule has 4 rings (SSSR count). The van der Waals surface area contributed by atoms with Crippen LogP contribution in [0.3, 0.4) is 0 Å². The monoisotopic (exact) mass is 652 g/mol. The van der Waals surface area contributed by atoms with E-state index in [9.17, 15) is 21.6 Å². The lowest BCUT2D eigenvalue weighted by Gasteiger charge is -2.28. The highest BCUT2D eigenvalue weighted by Gasteiger charge is 2.38. The molecule has 0 radical (unpaired) electrons. The van der Waals surface area contributed by atoms with Crippen molar-refractivity contribution in [1.82, 2.24) is 9.78 Å². The van der Waals surface area contributed by atoms with Gasteiger partial charge >= 0.3 is 6.18 Å². The Labute approximate surface area is 259 Å². The first kappa shape index (κ1) is 34.4. The highest BCUT2D eigenvalue weighted by atomic mass is 32.2. The van der Waals surface area contributed by atoms with Crippen LogP contribution in [-0.4, -0.2) is 51.3 Å². The summed E-state index contributed by atoms with van der Waals surface area (Å²) in [6.07, 6.45) is -5.02. The average Bonchev–Trinajstić information content (AvgIpc) is 3.40. The number of alkyl halides is 3. The van der Waals surface area contributed by atoms with Crippen LogP contribution in [-0.2, 0) is 49.0 Å². The highest BCUT2D eigenvalue weighted by molar-refractivity contribution is 7.92. The van der Waals surface area contributed by atoms with E-state index >= 15 is 0 Å². The van der Waals surface area contributed by atoms with Crippen LogP contribution < -0.4 is 0 Å². The Morgan fingerprint density at radius 2 is 1.75 bits per heavy atom. The molecule has 1 aliphatic heterocycles. The molecule has 242 valence electrons. The van der Waals surface area contributed by atoms with Gasteiger partial charge in [-0.25, -0.2) is 13.1 Å². The Kier molecular flexibility index (Phi) is 10.8. The maximum atomic E-state index is 13.5. The summed E-state index contributed by atoms with van der Waals surface area (Å²) in [5, 5.41) is 3.91. The molecule has 1 fully saturated rings. The van der Waals surface area contributed by atoms with Crippen molar-refractivity contribution in [3.8, 4) is 0 Å². The van der Waals surface area contributed by atoms with E-state index in [1.807, 2.05) is 36.4 Å². The van der Waals surface area contributed by atoms with Gasteiger partial charge in [0.05, 0.1) is 34.6 Å². The fraction of sp³-hybridized carbons (Fsp3) is 0.531. The molecule has 12 heteroatoms. The van der Waals surface area contributed by atoms with E-state index in [1.54, 1.807) is 4.68 Å². The normalized spacial score (nSPS) is 18.5. The molecule has 44 heavy (non-hydrogen) atoms. The summed E-state index contributed by atoms with van der Waals surface area (Å²) >= 11 is 0. The third kappa shape index (κ3) is 9.03. The lowest BCUT2D eigenvalue weighted by molar-refractivity contribution is -0.137. The van der Waals surface area contributed by atoms with Gasteiger partial charge < -0.3 is 14.2 Å². The molecule has 1 saturated heterocycles. The molecule has 0 spiro atoms. The number of benzene rings is 2. The van der Waals surface area contributed by atoms with Crippen molar-refractivity contribution in [1.29, 1.82) is 0 Å².